The molecule has 0 aliphatic rings. The van der Waals surface area contributed by atoms with Crippen LogP contribution in [0, 0.1) is 0 Å². The molecule has 0 unspecified atom stereocenters. The normalized spacial score (nSPS) is 13.2. The molecule has 0 rings (SSSR count). The molecule has 0 aromatic rings. The zero-order valence-corrected chi connectivity index (χ0v) is 11.1. The van der Waals surface area contributed by atoms with Crippen LogP contribution in [-0.4, -0.2) is 41.9 Å². The molecule has 3 nitrogen and oxygen atoms in total. The smallest absolute Gasteiger partial charge is 0.0860 e. The lowest BCUT2D eigenvalue weighted by Crippen LogP contribution is -2.37. The lowest BCUT2D eigenvalue weighted by atomic mass is 10.1. The number of hydrogen-bond acceptors (Lipinski definition) is 4. The zero-order chi connectivity index (χ0) is 11.9. The maximum absolute atomic E-state index is 8.67. The van der Waals surface area contributed by atoms with E-state index < -0.39 is 0 Å². The first kappa shape index (κ1) is 15.2. The summed E-state index contributed by atoms with van der Waals surface area (Å²) in [6.45, 7) is 8.93. The van der Waals surface area contributed by atoms with Gasteiger partial charge in [-0.25, -0.2) is 0 Å². The van der Waals surface area contributed by atoms with Gasteiger partial charge in [0, 0.05) is 0 Å². The molecule has 0 aliphatic heterocycles. The molecule has 0 atom stereocenters. The topological polar surface area (TPSA) is 38.7 Å². The highest BCUT2D eigenvalue weighted by molar-refractivity contribution is 7.80. The predicted molar refractivity (Wildman–Crippen MR) is 65.6 cm³/mol. The van der Waals surface area contributed by atoms with Gasteiger partial charge in [0.05, 0.1) is 31.0 Å². The highest BCUT2D eigenvalue weighted by Gasteiger charge is 2.24. The Labute approximate surface area is 98.6 Å². The minimum atomic E-state index is -0.351. The first-order valence-electron chi connectivity index (χ1n) is 5.33. The van der Waals surface area contributed by atoms with Crippen molar-refractivity contribution in [3.05, 3.63) is 0 Å². The van der Waals surface area contributed by atoms with Crippen LogP contribution in [0.3, 0.4) is 0 Å². The number of thiol groups is 1. The van der Waals surface area contributed by atoms with Gasteiger partial charge in [0.25, 0.3) is 0 Å². The summed E-state index contributed by atoms with van der Waals surface area (Å²) in [5, 5.41) is 8.67. The third-order valence-corrected chi connectivity index (χ3v) is 2.33. The number of aliphatic hydroxyl groups is 1. The SMILES string of the molecule is CC(C)(CCS)OCC(C)(C)OCCO. The van der Waals surface area contributed by atoms with Crippen molar-refractivity contribution in [2.75, 3.05) is 25.6 Å². The molecule has 0 aliphatic carbocycles. The molecule has 92 valence electrons. The van der Waals surface area contributed by atoms with Crippen LogP contribution in [0.1, 0.15) is 34.1 Å². The molecule has 0 saturated carbocycles. The Bertz CT molecular complexity index is 169. The fraction of sp³-hybridized carbons (Fsp3) is 1.00. The van der Waals surface area contributed by atoms with Crippen molar-refractivity contribution in [3.8, 4) is 0 Å². The summed E-state index contributed by atoms with van der Waals surface area (Å²) in [5.41, 5.74) is -0.516. The summed E-state index contributed by atoms with van der Waals surface area (Å²) in [5.74, 6) is 0.810. The van der Waals surface area contributed by atoms with Crippen molar-refractivity contribution >= 4 is 12.6 Å². The Morgan fingerprint density at radius 1 is 1.07 bits per heavy atom. The zero-order valence-electron chi connectivity index (χ0n) is 10.2. The number of aliphatic hydroxyl groups excluding tert-OH is 1. The Balaban J connectivity index is 3.90. The van der Waals surface area contributed by atoms with Crippen molar-refractivity contribution < 1.29 is 14.6 Å². The predicted octanol–water partition coefficient (Wildman–Crippen LogP) is 1.89. The number of ether oxygens (including phenoxy) is 2. The average Bonchev–Trinajstić information content (AvgIpc) is 2.12. The Morgan fingerprint density at radius 2 is 1.67 bits per heavy atom. The fourth-order valence-electron chi connectivity index (χ4n) is 1.07. The van der Waals surface area contributed by atoms with Gasteiger partial charge in [-0.05, 0) is 39.9 Å². The van der Waals surface area contributed by atoms with E-state index in [4.69, 9.17) is 14.6 Å². The summed E-state index contributed by atoms with van der Waals surface area (Å²) in [6.07, 6.45) is 0.909. The van der Waals surface area contributed by atoms with E-state index in [-0.39, 0.29) is 17.8 Å². The molecule has 0 aromatic heterocycles. The van der Waals surface area contributed by atoms with Crippen molar-refractivity contribution in [1.29, 1.82) is 0 Å². The lowest BCUT2D eigenvalue weighted by Gasteiger charge is -2.31. The van der Waals surface area contributed by atoms with Crippen LogP contribution in [-0.2, 0) is 9.47 Å². The number of hydrogen-bond donors (Lipinski definition) is 2. The van der Waals surface area contributed by atoms with E-state index >= 15 is 0 Å². The lowest BCUT2D eigenvalue weighted by molar-refractivity contribution is -0.124. The van der Waals surface area contributed by atoms with Gasteiger partial charge in [-0.15, -0.1) is 0 Å². The summed E-state index contributed by atoms with van der Waals surface area (Å²) < 4.78 is 11.2. The highest BCUT2D eigenvalue weighted by atomic mass is 32.1. The second kappa shape index (κ2) is 6.74. The van der Waals surface area contributed by atoms with Gasteiger partial charge in [0.2, 0.25) is 0 Å². The van der Waals surface area contributed by atoms with Gasteiger partial charge >= 0.3 is 0 Å². The molecular weight excluding hydrogens is 212 g/mol. The minimum Gasteiger partial charge on any atom is -0.394 e. The highest BCUT2D eigenvalue weighted by Crippen LogP contribution is 2.19. The third-order valence-electron chi connectivity index (χ3n) is 2.11. The van der Waals surface area contributed by atoms with Crippen molar-refractivity contribution in [3.63, 3.8) is 0 Å². The molecule has 0 bridgehead atoms. The molecule has 0 heterocycles. The molecule has 0 spiro atoms. The third kappa shape index (κ3) is 8.08. The van der Waals surface area contributed by atoms with Crippen molar-refractivity contribution in [2.45, 2.75) is 45.3 Å². The van der Waals surface area contributed by atoms with Crippen molar-refractivity contribution in [1.82, 2.24) is 0 Å². The summed E-state index contributed by atoms with van der Waals surface area (Å²) in [4.78, 5) is 0. The van der Waals surface area contributed by atoms with E-state index in [9.17, 15) is 0 Å². The minimum absolute atomic E-state index is 0.0451. The molecule has 1 N–H and O–H groups in total. The quantitative estimate of drug-likeness (QED) is 0.632. The van der Waals surface area contributed by atoms with Gasteiger partial charge in [-0.3, -0.25) is 0 Å². The maximum Gasteiger partial charge on any atom is 0.0860 e. The van der Waals surface area contributed by atoms with Crippen LogP contribution in [0.2, 0.25) is 0 Å². The standard InChI is InChI=1S/C11H24O3S/c1-10(2,5-8-15)14-9-11(3,4)13-7-6-12/h12,15H,5-9H2,1-4H3. The van der Waals surface area contributed by atoms with E-state index in [0.717, 1.165) is 12.2 Å². The molecule has 0 fully saturated rings. The van der Waals surface area contributed by atoms with Gasteiger partial charge < -0.3 is 14.6 Å². The van der Waals surface area contributed by atoms with E-state index in [1.54, 1.807) is 0 Å². The molecule has 0 aromatic carbocycles. The van der Waals surface area contributed by atoms with Crippen LogP contribution in [0.25, 0.3) is 0 Å². The second-order valence-corrected chi connectivity index (χ2v) is 5.30. The van der Waals surface area contributed by atoms with E-state index in [0.29, 0.717) is 13.2 Å². The maximum atomic E-state index is 8.67. The van der Waals surface area contributed by atoms with Crippen LogP contribution in [0.5, 0.6) is 0 Å². The summed E-state index contributed by atoms with van der Waals surface area (Å²) in [7, 11) is 0. The van der Waals surface area contributed by atoms with Crippen LogP contribution < -0.4 is 0 Å². The van der Waals surface area contributed by atoms with E-state index in [2.05, 4.69) is 12.6 Å². The molecule has 0 amide bonds. The number of rotatable bonds is 8. The largest absolute Gasteiger partial charge is 0.394 e. The molecule has 15 heavy (non-hydrogen) atoms. The van der Waals surface area contributed by atoms with Gasteiger partial charge in [-0.2, -0.15) is 12.6 Å². The van der Waals surface area contributed by atoms with Gasteiger partial charge in [0.15, 0.2) is 0 Å². The van der Waals surface area contributed by atoms with E-state index in [1.807, 2.05) is 27.7 Å². The molecular formula is C11H24O3S. The Hall–Kier alpha value is 0.230. The summed E-state index contributed by atoms with van der Waals surface area (Å²) in [6, 6.07) is 0. The monoisotopic (exact) mass is 236 g/mol. The van der Waals surface area contributed by atoms with Crippen molar-refractivity contribution in [2.24, 2.45) is 0 Å². The first-order chi connectivity index (χ1) is 6.83. The van der Waals surface area contributed by atoms with Crippen LogP contribution in [0.4, 0.5) is 0 Å². The summed E-state index contributed by atoms with van der Waals surface area (Å²) >= 11 is 4.19. The Kier molecular flexibility index (Phi) is 6.84. The Morgan fingerprint density at radius 3 is 2.13 bits per heavy atom. The molecule has 4 heteroatoms. The average molecular weight is 236 g/mol. The van der Waals surface area contributed by atoms with Crippen LogP contribution >= 0.6 is 12.6 Å². The first-order valence-corrected chi connectivity index (χ1v) is 5.96. The molecule has 0 radical (unpaired) electrons. The second-order valence-electron chi connectivity index (χ2n) is 4.85. The van der Waals surface area contributed by atoms with Crippen LogP contribution in [0.15, 0.2) is 0 Å². The van der Waals surface area contributed by atoms with Gasteiger partial charge in [0.1, 0.15) is 0 Å². The van der Waals surface area contributed by atoms with E-state index in [1.165, 1.54) is 0 Å². The molecule has 0 saturated heterocycles. The van der Waals surface area contributed by atoms with Gasteiger partial charge in [-0.1, -0.05) is 0 Å². The fourth-order valence-corrected chi connectivity index (χ4v) is 1.61.